The lowest BCUT2D eigenvalue weighted by Gasteiger charge is -2.24. The monoisotopic (exact) mass is 235 g/mol. The molecule has 0 bridgehead atoms. The van der Waals surface area contributed by atoms with Crippen LogP contribution in [0.2, 0.25) is 0 Å². The van der Waals surface area contributed by atoms with Gasteiger partial charge in [0.15, 0.2) is 0 Å². The van der Waals surface area contributed by atoms with Gasteiger partial charge in [-0.25, -0.2) is 0 Å². The molecule has 0 fully saturated rings. The molecule has 1 aromatic heterocycles. The Kier molecular flexibility index (Phi) is 4.94. The van der Waals surface area contributed by atoms with Crippen molar-refractivity contribution in [2.24, 2.45) is 5.41 Å². The van der Waals surface area contributed by atoms with Gasteiger partial charge in [0.05, 0.1) is 5.69 Å². The minimum Gasteiger partial charge on any atom is -0.319 e. The molecule has 3 heteroatoms. The Balaban J connectivity index is 2.74. The average Bonchev–Trinajstić information content (AvgIpc) is 2.76. The minimum atomic E-state index is 0.0728. The molecule has 0 amide bonds. The second-order valence-electron chi connectivity index (χ2n) is 5.11. The summed E-state index contributed by atoms with van der Waals surface area (Å²) in [6.45, 7) is 11.4. The number of nitrogens with zero attached hydrogens (tertiary/aromatic N) is 2. The zero-order chi connectivity index (χ0) is 12.9. The number of nitrogens with one attached hydrogen (secondary N) is 1. The van der Waals surface area contributed by atoms with Crippen molar-refractivity contribution in [3.05, 3.63) is 30.6 Å². The maximum Gasteiger partial charge on any atom is 0.0633 e. The van der Waals surface area contributed by atoms with Crippen LogP contribution < -0.4 is 5.32 Å². The molecule has 1 heterocycles. The molecule has 2 atom stereocenters. The molecule has 1 N–H and O–H groups in total. The fourth-order valence-corrected chi connectivity index (χ4v) is 1.93. The van der Waals surface area contributed by atoms with E-state index in [-0.39, 0.29) is 5.41 Å². The van der Waals surface area contributed by atoms with E-state index >= 15 is 0 Å². The topological polar surface area (TPSA) is 29.9 Å². The van der Waals surface area contributed by atoms with Crippen LogP contribution in [0.5, 0.6) is 0 Å². The van der Waals surface area contributed by atoms with Gasteiger partial charge >= 0.3 is 0 Å². The van der Waals surface area contributed by atoms with Crippen LogP contribution in [0.15, 0.2) is 24.9 Å². The Labute approximate surface area is 105 Å². The number of hydrogen-bond donors (Lipinski definition) is 1. The van der Waals surface area contributed by atoms with Gasteiger partial charge in [-0.15, -0.1) is 6.58 Å². The van der Waals surface area contributed by atoms with Crippen LogP contribution in [-0.4, -0.2) is 23.4 Å². The van der Waals surface area contributed by atoms with Gasteiger partial charge < -0.3 is 5.32 Å². The normalized spacial score (nSPS) is 16.5. The van der Waals surface area contributed by atoms with Crippen LogP contribution in [0, 0.1) is 5.41 Å². The molecule has 17 heavy (non-hydrogen) atoms. The van der Waals surface area contributed by atoms with E-state index in [1.54, 1.807) is 0 Å². The molecule has 1 rings (SSSR count). The number of aromatic nitrogens is 2. The molecular weight excluding hydrogens is 210 g/mol. The maximum absolute atomic E-state index is 4.64. The largest absolute Gasteiger partial charge is 0.319 e. The lowest BCUT2D eigenvalue weighted by molar-refractivity contribution is 0.395. The summed E-state index contributed by atoms with van der Waals surface area (Å²) in [4.78, 5) is 0. The minimum absolute atomic E-state index is 0.0728. The third-order valence-electron chi connectivity index (χ3n) is 3.36. The fourth-order valence-electron chi connectivity index (χ4n) is 1.93. The third kappa shape index (κ3) is 3.70. The third-order valence-corrected chi connectivity index (χ3v) is 3.36. The molecule has 0 saturated heterocycles. The van der Waals surface area contributed by atoms with E-state index in [2.05, 4.69) is 54.7 Å². The van der Waals surface area contributed by atoms with Crippen LogP contribution in [0.1, 0.15) is 38.9 Å². The van der Waals surface area contributed by atoms with E-state index in [1.807, 2.05) is 13.1 Å². The van der Waals surface area contributed by atoms with Crippen molar-refractivity contribution in [2.75, 3.05) is 13.6 Å². The summed E-state index contributed by atoms with van der Waals surface area (Å²) in [5.41, 5.74) is 1.21. The first-order chi connectivity index (χ1) is 8.04. The first-order valence-corrected chi connectivity index (χ1v) is 6.37. The summed E-state index contributed by atoms with van der Waals surface area (Å²) in [6, 6.07) is 2.59. The van der Waals surface area contributed by atoms with E-state index in [4.69, 9.17) is 0 Å². The number of hydrogen-bond acceptors (Lipinski definition) is 2. The fraction of sp³-hybridized carbons (Fsp3) is 0.643. The molecule has 0 spiro atoms. The predicted octanol–water partition coefficient (Wildman–Crippen LogP) is 2.81. The van der Waals surface area contributed by atoms with Crippen molar-refractivity contribution in [2.45, 2.75) is 39.7 Å². The predicted molar refractivity (Wildman–Crippen MR) is 73.2 cm³/mol. The standard InChI is InChI=1S/C14H25N3/c1-6-12(3)17-9-8-13(16-17)10-14(4,7-2)11-15-5/h7-9,12,15H,2,6,10-11H2,1,3-5H3. The zero-order valence-corrected chi connectivity index (χ0v) is 11.5. The van der Waals surface area contributed by atoms with Gasteiger partial charge in [0.25, 0.3) is 0 Å². The average molecular weight is 235 g/mol. The van der Waals surface area contributed by atoms with Gasteiger partial charge in [-0.2, -0.15) is 5.10 Å². The zero-order valence-electron chi connectivity index (χ0n) is 11.5. The summed E-state index contributed by atoms with van der Waals surface area (Å²) in [5, 5.41) is 7.85. The van der Waals surface area contributed by atoms with E-state index in [0.29, 0.717) is 6.04 Å². The Bertz CT molecular complexity index is 356. The molecule has 96 valence electrons. The van der Waals surface area contributed by atoms with Crippen LogP contribution in [0.25, 0.3) is 0 Å². The Morgan fingerprint density at radius 2 is 2.35 bits per heavy atom. The first kappa shape index (κ1) is 14.0. The Morgan fingerprint density at radius 1 is 1.65 bits per heavy atom. The lowest BCUT2D eigenvalue weighted by Crippen LogP contribution is -2.30. The van der Waals surface area contributed by atoms with Gasteiger partial charge in [0, 0.05) is 30.6 Å². The highest BCUT2D eigenvalue weighted by molar-refractivity contribution is 5.07. The van der Waals surface area contributed by atoms with Gasteiger partial charge in [-0.1, -0.05) is 19.9 Å². The summed E-state index contributed by atoms with van der Waals surface area (Å²) >= 11 is 0. The van der Waals surface area contributed by atoms with Crippen molar-refractivity contribution in [3.63, 3.8) is 0 Å². The highest BCUT2D eigenvalue weighted by Gasteiger charge is 2.21. The van der Waals surface area contributed by atoms with E-state index < -0.39 is 0 Å². The van der Waals surface area contributed by atoms with E-state index in [0.717, 1.165) is 25.1 Å². The first-order valence-electron chi connectivity index (χ1n) is 6.37. The molecule has 0 aliphatic rings. The van der Waals surface area contributed by atoms with Gasteiger partial charge in [-0.3, -0.25) is 4.68 Å². The van der Waals surface area contributed by atoms with E-state index in [1.165, 1.54) is 0 Å². The van der Waals surface area contributed by atoms with Gasteiger partial charge in [0.1, 0.15) is 0 Å². The summed E-state index contributed by atoms with van der Waals surface area (Å²) in [5.74, 6) is 0. The Morgan fingerprint density at radius 3 is 2.88 bits per heavy atom. The highest BCUT2D eigenvalue weighted by atomic mass is 15.3. The SMILES string of the molecule is C=CC(C)(CNC)Cc1ccn(C(C)CC)n1. The van der Waals surface area contributed by atoms with Crippen molar-refractivity contribution in [3.8, 4) is 0 Å². The molecule has 1 aromatic rings. The quantitative estimate of drug-likeness (QED) is 0.737. The van der Waals surface area contributed by atoms with Crippen molar-refractivity contribution < 1.29 is 0 Å². The number of rotatable bonds is 7. The molecule has 3 nitrogen and oxygen atoms in total. The van der Waals surface area contributed by atoms with Crippen LogP contribution in [0.4, 0.5) is 0 Å². The highest BCUT2D eigenvalue weighted by Crippen LogP contribution is 2.22. The molecule has 2 unspecified atom stereocenters. The molecule has 0 aliphatic heterocycles. The van der Waals surface area contributed by atoms with Gasteiger partial charge in [0.2, 0.25) is 0 Å². The van der Waals surface area contributed by atoms with Crippen LogP contribution in [0.3, 0.4) is 0 Å². The van der Waals surface area contributed by atoms with E-state index in [9.17, 15) is 0 Å². The molecule has 0 aromatic carbocycles. The second-order valence-corrected chi connectivity index (χ2v) is 5.11. The van der Waals surface area contributed by atoms with Crippen LogP contribution in [-0.2, 0) is 6.42 Å². The van der Waals surface area contributed by atoms with Crippen molar-refractivity contribution >= 4 is 0 Å². The molecular formula is C14H25N3. The van der Waals surface area contributed by atoms with Crippen LogP contribution >= 0.6 is 0 Å². The van der Waals surface area contributed by atoms with Crippen molar-refractivity contribution in [1.29, 1.82) is 0 Å². The molecule has 0 aliphatic carbocycles. The summed E-state index contributed by atoms with van der Waals surface area (Å²) in [6.07, 6.45) is 6.13. The molecule has 0 saturated carbocycles. The summed E-state index contributed by atoms with van der Waals surface area (Å²) in [7, 11) is 1.97. The Hall–Kier alpha value is -1.09. The lowest BCUT2D eigenvalue weighted by atomic mass is 9.85. The molecule has 0 radical (unpaired) electrons. The van der Waals surface area contributed by atoms with Gasteiger partial charge in [-0.05, 0) is 26.5 Å². The van der Waals surface area contributed by atoms with Crippen molar-refractivity contribution in [1.82, 2.24) is 15.1 Å². The second kappa shape index (κ2) is 6.01. The maximum atomic E-state index is 4.64. The smallest absolute Gasteiger partial charge is 0.0633 e. The summed E-state index contributed by atoms with van der Waals surface area (Å²) < 4.78 is 2.05.